The first-order valence-electron chi connectivity index (χ1n) is 10.8. The molecular weight excluding hydrogens is 455 g/mol. The minimum atomic E-state index is -4.52. The van der Waals surface area contributed by atoms with Crippen molar-refractivity contribution in [2.24, 2.45) is 17.3 Å². The van der Waals surface area contributed by atoms with Gasteiger partial charge in [0.1, 0.15) is 11.5 Å². The van der Waals surface area contributed by atoms with Crippen molar-refractivity contribution < 1.29 is 21.6 Å². The minimum Gasteiger partial charge on any atom is -0.375 e. The summed E-state index contributed by atoms with van der Waals surface area (Å²) in [6.45, 7) is 11.2. The fraction of sp³-hybridized carbons (Fsp3) is 0.500. The van der Waals surface area contributed by atoms with E-state index < -0.39 is 21.7 Å². The number of alkyl halides is 3. The largest absolute Gasteiger partial charge is 0.431 e. The molecule has 3 rings (SSSR count). The highest BCUT2D eigenvalue weighted by Gasteiger charge is 2.36. The molecule has 0 radical (unpaired) electrons. The minimum absolute atomic E-state index is 0.0611. The molecule has 33 heavy (non-hydrogen) atoms. The van der Waals surface area contributed by atoms with Gasteiger partial charge in [-0.1, -0.05) is 34.6 Å². The van der Waals surface area contributed by atoms with Crippen LogP contribution in [0.3, 0.4) is 0 Å². The first kappa shape index (κ1) is 28.3. The summed E-state index contributed by atoms with van der Waals surface area (Å²) in [5.41, 5.74) is 1.13. The van der Waals surface area contributed by atoms with Gasteiger partial charge in [-0.05, 0) is 30.7 Å². The van der Waals surface area contributed by atoms with Crippen LogP contribution in [0.25, 0.3) is 17.5 Å². The zero-order valence-electron chi connectivity index (χ0n) is 20.3. The number of imidazole rings is 1. The smallest absolute Gasteiger partial charge is 0.375 e. The number of aromatic nitrogens is 2. The molecule has 0 fully saturated rings. The molecule has 0 aliphatic carbocycles. The summed E-state index contributed by atoms with van der Waals surface area (Å²) in [7, 11) is -0.492. The maximum absolute atomic E-state index is 13.0. The molecule has 184 valence electrons. The number of allylic oxidation sites excluding steroid dienone is 1. The van der Waals surface area contributed by atoms with Crippen molar-refractivity contribution in [3.05, 3.63) is 34.8 Å². The Morgan fingerprint density at radius 1 is 1.18 bits per heavy atom. The molecule has 1 aromatic heterocycles. The lowest BCUT2D eigenvalue weighted by molar-refractivity contribution is -0.0961. The Labute approximate surface area is 193 Å². The maximum Gasteiger partial charge on any atom is 0.431 e. The van der Waals surface area contributed by atoms with E-state index in [0.29, 0.717) is 16.9 Å². The lowest BCUT2D eigenvalue weighted by Crippen LogP contribution is -2.29. The number of nitrogens with one attached hydrogen (secondary N) is 1. The van der Waals surface area contributed by atoms with Crippen LogP contribution in [0.1, 0.15) is 51.6 Å². The monoisotopic (exact) mass is 487 g/mol. The normalized spacial score (nSPS) is 13.2. The number of nitrogens with zero attached hydrogens (tertiary/aromatic N) is 4. The van der Waals surface area contributed by atoms with E-state index in [4.69, 9.17) is 0 Å². The van der Waals surface area contributed by atoms with Crippen LogP contribution in [0.4, 0.5) is 18.9 Å². The van der Waals surface area contributed by atoms with E-state index in [-0.39, 0.29) is 34.3 Å². The van der Waals surface area contributed by atoms with E-state index in [1.54, 1.807) is 24.6 Å². The fourth-order valence-electron chi connectivity index (χ4n) is 3.14. The quantitative estimate of drug-likeness (QED) is 0.539. The molecule has 7 nitrogen and oxygen atoms in total. The molecule has 2 aromatic rings. The zero-order valence-corrected chi connectivity index (χ0v) is 21.1. The lowest BCUT2D eigenvalue weighted by Gasteiger charge is -2.18. The second-order valence-electron chi connectivity index (χ2n) is 6.57. The van der Waals surface area contributed by atoms with Gasteiger partial charge in [-0.15, -0.1) is 0 Å². The summed E-state index contributed by atoms with van der Waals surface area (Å²) >= 11 is 0. The van der Waals surface area contributed by atoms with Crippen LogP contribution in [-0.2, 0) is 23.4 Å². The molecule has 0 atom stereocenters. The number of fused-ring (bicyclic) bond motifs is 1. The van der Waals surface area contributed by atoms with Gasteiger partial charge in [-0.2, -0.15) is 23.4 Å². The Kier molecular flexibility index (Phi) is 9.83. The van der Waals surface area contributed by atoms with Gasteiger partial charge in [0.15, 0.2) is 9.84 Å². The van der Waals surface area contributed by atoms with Crippen molar-refractivity contribution in [1.29, 1.82) is 0 Å². The van der Waals surface area contributed by atoms with E-state index >= 15 is 0 Å². The predicted molar refractivity (Wildman–Crippen MR) is 125 cm³/mol. The number of aryl methyl sites for hydroxylation is 1. The molecule has 1 aromatic carbocycles. The topological polar surface area (TPSA) is 88.7 Å². The van der Waals surface area contributed by atoms with Crippen LogP contribution in [0, 0.1) is 6.92 Å². The number of hydrogen-bond acceptors (Lipinski definition) is 6. The highest BCUT2D eigenvalue weighted by atomic mass is 32.2. The number of azo groups is 1. The van der Waals surface area contributed by atoms with Gasteiger partial charge in [0, 0.05) is 19.7 Å². The molecule has 0 spiro atoms. The molecule has 0 bridgehead atoms. The van der Waals surface area contributed by atoms with Crippen LogP contribution in [0.15, 0.2) is 33.0 Å². The molecule has 11 heteroatoms. The van der Waals surface area contributed by atoms with Gasteiger partial charge in [0.05, 0.1) is 34.3 Å². The maximum atomic E-state index is 13.0. The van der Waals surface area contributed by atoms with E-state index in [2.05, 4.69) is 20.5 Å². The van der Waals surface area contributed by atoms with Crippen molar-refractivity contribution in [2.75, 3.05) is 12.8 Å². The third-order valence-corrected chi connectivity index (χ3v) is 6.51. The molecule has 2 heterocycles. The molecule has 1 N–H and O–H groups in total. The fourth-order valence-corrected chi connectivity index (χ4v) is 4.29. The van der Waals surface area contributed by atoms with Crippen molar-refractivity contribution in [3.8, 4) is 11.4 Å². The van der Waals surface area contributed by atoms with Gasteiger partial charge in [-0.3, -0.25) is 0 Å². The van der Waals surface area contributed by atoms with E-state index in [1.165, 1.54) is 20.0 Å². The molecular formula is C22H32F3N5O2S. The summed E-state index contributed by atoms with van der Waals surface area (Å²) in [5.74, 6) is 0.119. The van der Waals surface area contributed by atoms with E-state index in [9.17, 15) is 21.6 Å². The summed E-state index contributed by atoms with van der Waals surface area (Å²) in [6.07, 6.45) is -3.60. The number of benzene rings is 1. The standard InChI is InChI=1S/C18H20F3N5O2S.2C2H6/c1-5-29(27,28)15-6-10(2)12(25-22-3)7-11(15)17-24-13-8-16(18(19,20)21)23-9-14(13)26(17)4;2*1-2/h6-8,23H,5,9H2,1-4H3;2*1-2H3. The van der Waals surface area contributed by atoms with Gasteiger partial charge < -0.3 is 9.88 Å². The molecule has 1 aliphatic heterocycles. The molecule has 1 aliphatic rings. The molecule has 0 unspecified atom stereocenters. The van der Waals surface area contributed by atoms with Gasteiger partial charge in [0.2, 0.25) is 0 Å². The summed E-state index contributed by atoms with van der Waals surface area (Å²) in [4.78, 5) is 4.39. The Morgan fingerprint density at radius 2 is 1.79 bits per heavy atom. The van der Waals surface area contributed by atoms with E-state index in [0.717, 1.165) is 6.08 Å². The highest BCUT2D eigenvalue weighted by molar-refractivity contribution is 7.91. The molecule has 0 saturated carbocycles. The van der Waals surface area contributed by atoms with Crippen LogP contribution in [0.5, 0.6) is 0 Å². The second-order valence-corrected chi connectivity index (χ2v) is 8.82. The SMILES string of the molecule is CC.CC.CCS(=O)(=O)c1cc(C)c(N=NC)cc1-c1nc2c(n1C)CNC(C(F)(F)F)=C2. The summed E-state index contributed by atoms with van der Waals surface area (Å²) < 4.78 is 66.1. The van der Waals surface area contributed by atoms with Crippen LogP contribution in [0.2, 0.25) is 0 Å². The average molecular weight is 488 g/mol. The predicted octanol–water partition coefficient (Wildman–Crippen LogP) is 5.96. The Morgan fingerprint density at radius 3 is 2.30 bits per heavy atom. The summed E-state index contributed by atoms with van der Waals surface area (Å²) in [5, 5.41) is 10.1. The first-order chi connectivity index (χ1) is 15.5. The Hall–Kier alpha value is -2.69. The number of sulfone groups is 1. The zero-order chi connectivity index (χ0) is 25.6. The van der Waals surface area contributed by atoms with Crippen molar-refractivity contribution in [3.63, 3.8) is 0 Å². The van der Waals surface area contributed by atoms with Crippen LogP contribution >= 0.6 is 0 Å². The van der Waals surface area contributed by atoms with E-state index in [1.807, 2.05) is 27.7 Å². The average Bonchev–Trinajstić information content (AvgIpc) is 3.13. The van der Waals surface area contributed by atoms with Gasteiger partial charge in [-0.25, -0.2) is 13.4 Å². The second kappa shape index (κ2) is 11.4. The Balaban J connectivity index is 0.00000129. The number of hydrogen-bond donors (Lipinski definition) is 1. The van der Waals surface area contributed by atoms with Gasteiger partial charge >= 0.3 is 6.18 Å². The molecule has 0 amide bonds. The number of rotatable bonds is 4. The van der Waals surface area contributed by atoms with Crippen molar-refractivity contribution >= 4 is 21.6 Å². The molecule has 0 saturated heterocycles. The van der Waals surface area contributed by atoms with Crippen LogP contribution in [-0.4, -0.2) is 36.9 Å². The summed E-state index contributed by atoms with van der Waals surface area (Å²) in [6, 6.07) is 3.06. The van der Waals surface area contributed by atoms with Gasteiger partial charge in [0.25, 0.3) is 0 Å². The highest BCUT2D eigenvalue weighted by Crippen LogP contribution is 2.36. The third-order valence-electron chi connectivity index (χ3n) is 4.74. The van der Waals surface area contributed by atoms with Crippen LogP contribution < -0.4 is 5.32 Å². The van der Waals surface area contributed by atoms with Crippen molar-refractivity contribution in [1.82, 2.24) is 14.9 Å². The number of halogens is 3. The third kappa shape index (κ3) is 6.01. The van der Waals surface area contributed by atoms with Crippen molar-refractivity contribution in [2.45, 2.75) is 59.2 Å². The Bertz CT molecular complexity index is 1130. The first-order valence-corrected chi connectivity index (χ1v) is 12.4. The lowest BCUT2D eigenvalue weighted by atomic mass is 10.1.